The molecule has 9 nitrogen and oxygen atoms in total. The van der Waals surface area contributed by atoms with Crippen molar-refractivity contribution in [3.63, 3.8) is 0 Å². The van der Waals surface area contributed by atoms with Gasteiger partial charge < -0.3 is 20.3 Å². The Kier molecular flexibility index (Phi) is 5.66. The van der Waals surface area contributed by atoms with Crippen LogP contribution in [-0.2, 0) is 22.5 Å². The number of carbonyl (C=O) groups excluding carboxylic acids is 3. The molecule has 0 unspecified atom stereocenters. The van der Waals surface area contributed by atoms with Crippen LogP contribution < -0.4 is 10.6 Å². The fourth-order valence-electron chi connectivity index (χ4n) is 2.46. The number of carbonyl (C=O) groups is 3. The number of ether oxygens (including phenoxy) is 1. The summed E-state index contributed by atoms with van der Waals surface area (Å²) < 4.78 is 5.39. The van der Waals surface area contributed by atoms with Gasteiger partial charge in [-0.25, -0.2) is 4.79 Å². The Balaban J connectivity index is 1.99. The van der Waals surface area contributed by atoms with Gasteiger partial charge in [0.25, 0.3) is 5.91 Å². The zero-order chi connectivity index (χ0) is 18.6. The number of amides is 3. The van der Waals surface area contributed by atoms with E-state index in [4.69, 9.17) is 4.74 Å². The normalized spacial score (nSPS) is 13.8. The summed E-state index contributed by atoms with van der Waals surface area (Å²) in [6.07, 6.45) is 0.178. The zero-order valence-electron chi connectivity index (χ0n) is 15.1. The molecule has 0 saturated heterocycles. The van der Waals surface area contributed by atoms with Gasteiger partial charge in [0.15, 0.2) is 5.69 Å². The highest BCUT2D eigenvalue weighted by Gasteiger charge is 2.30. The van der Waals surface area contributed by atoms with E-state index >= 15 is 0 Å². The van der Waals surface area contributed by atoms with Gasteiger partial charge in [-0.05, 0) is 20.8 Å². The highest BCUT2D eigenvalue weighted by atomic mass is 16.6. The number of fused-ring (bicyclic) bond motifs is 1. The van der Waals surface area contributed by atoms with Crippen molar-refractivity contribution in [3.8, 4) is 0 Å². The van der Waals surface area contributed by atoms with Gasteiger partial charge in [0.2, 0.25) is 5.91 Å². The maximum Gasteiger partial charge on any atom is 0.410 e. The predicted molar refractivity (Wildman–Crippen MR) is 90.0 cm³/mol. The van der Waals surface area contributed by atoms with E-state index < -0.39 is 11.7 Å². The van der Waals surface area contributed by atoms with E-state index in [1.165, 1.54) is 6.92 Å². The quantitative estimate of drug-likeness (QED) is 0.686. The molecule has 138 valence electrons. The zero-order valence-corrected chi connectivity index (χ0v) is 15.1. The third-order valence-electron chi connectivity index (χ3n) is 3.58. The van der Waals surface area contributed by atoms with Crippen LogP contribution in [0.1, 0.15) is 49.4 Å². The van der Waals surface area contributed by atoms with Crippen molar-refractivity contribution in [1.29, 1.82) is 0 Å². The fourth-order valence-corrected chi connectivity index (χ4v) is 2.46. The molecule has 0 radical (unpaired) electrons. The third kappa shape index (κ3) is 5.20. The SMILES string of the molecule is CC(=O)NCCNC(=O)c1n[nH]c2c1CN(C(=O)OC(C)(C)C)CC2. The summed E-state index contributed by atoms with van der Waals surface area (Å²) >= 11 is 0. The average molecular weight is 351 g/mol. The molecule has 9 heteroatoms. The molecular weight excluding hydrogens is 326 g/mol. The molecule has 3 N–H and O–H groups in total. The summed E-state index contributed by atoms with van der Waals surface area (Å²) in [7, 11) is 0. The maximum absolute atomic E-state index is 12.3. The molecule has 1 aliphatic heterocycles. The minimum atomic E-state index is -0.572. The van der Waals surface area contributed by atoms with Gasteiger partial charge in [-0.15, -0.1) is 0 Å². The van der Waals surface area contributed by atoms with E-state index in [1.807, 2.05) is 20.8 Å². The molecule has 0 atom stereocenters. The Morgan fingerprint density at radius 1 is 1.24 bits per heavy atom. The van der Waals surface area contributed by atoms with Crippen LogP contribution in [-0.4, -0.2) is 58.2 Å². The van der Waals surface area contributed by atoms with Crippen LogP contribution in [0.4, 0.5) is 4.79 Å². The van der Waals surface area contributed by atoms with Gasteiger partial charge in [-0.2, -0.15) is 5.10 Å². The van der Waals surface area contributed by atoms with Crippen molar-refractivity contribution in [2.24, 2.45) is 0 Å². The molecule has 3 amide bonds. The number of nitrogens with zero attached hydrogens (tertiary/aromatic N) is 2. The van der Waals surface area contributed by atoms with Crippen LogP contribution in [0.3, 0.4) is 0 Å². The van der Waals surface area contributed by atoms with Gasteiger partial charge in [-0.1, -0.05) is 0 Å². The number of nitrogens with one attached hydrogen (secondary N) is 3. The summed E-state index contributed by atoms with van der Waals surface area (Å²) in [6.45, 7) is 8.28. The lowest BCUT2D eigenvalue weighted by Crippen LogP contribution is -2.40. The molecule has 0 aliphatic carbocycles. The van der Waals surface area contributed by atoms with Crippen molar-refractivity contribution >= 4 is 17.9 Å². The predicted octanol–water partition coefficient (Wildman–Crippen LogP) is 0.569. The van der Waals surface area contributed by atoms with Gasteiger partial charge in [0.1, 0.15) is 5.60 Å². The van der Waals surface area contributed by atoms with E-state index in [-0.39, 0.29) is 24.1 Å². The number of aromatic nitrogens is 2. The molecule has 0 spiro atoms. The summed E-state index contributed by atoms with van der Waals surface area (Å²) in [5.74, 6) is -0.492. The molecule has 0 saturated carbocycles. The highest BCUT2D eigenvalue weighted by Crippen LogP contribution is 2.22. The standard InChI is InChI=1S/C16H25N5O4/c1-10(22)17-6-7-18-14(23)13-11-9-21(8-5-12(11)19-20-13)15(24)25-16(2,3)4/h5-9H2,1-4H3,(H,17,22)(H,18,23)(H,19,20). The summed E-state index contributed by atoms with van der Waals surface area (Å²) in [4.78, 5) is 36.9. The Morgan fingerprint density at radius 2 is 1.92 bits per heavy atom. The number of rotatable bonds is 4. The van der Waals surface area contributed by atoms with Crippen LogP contribution in [0, 0.1) is 0 Å². The molecule has 1 aromatic heterocycles. The summed E-state index contributed by atoms with van der Waals surface area (Å²) in [5.41, 5.74) is 1.25. The molecule has 0 bridgehead atoms. The topological polar surface area (TPSA) is 116 Å². The number of H-pyrrole nitrogens is 1. The van der Waals surface area contributed by atoms with Crippen molar-refractivity contribution < 1.29 is 19.1 Å². The minimum Gasteiger partial charge on any atom is -0.444 e. The monoisotopic (exact) mass is 351 g/mol. The van der Waals surface area contributed by atoms with Crippen LogP contribution in [0.2, 0.25) is 0 Å². The van der Waals surface area contributed by atoms with Gasteiger partial charge >= 0.3 is 6.09 Å². The van der Waals surface area contributed by atoms with Crippen molar-refractivity contribution in [2.75, 3.05) is 19.6 Å². The van der Waals surface area contributed by atoms with Gasteiger partial charge in [-0.3, -0.25) is 14.7 Å². The highest BCUT2D eigenvalue weighted by molar-refractivity contribution is 5.94. The van der Waals surface area contributed by atoms with E-state index in [9.17, 15) is 14.4 Å². The molecule has 0 aromatic carbocycles. The molecule has 2 heterocycles. The van der Waals surface area contributed by atoms with Gasteiger partial charge in [0.05, 0.1) is 6.54 Å². The van der Waals surface area contributed by atoms with Crippen molar-refractivity contribution in [1.82, 2.24) is 25.7 Å². The second-order valence-electron chi connectivity index (χ2n) is 6.92. The first-order valence-corrected chi connectivity index (χ1v) is 8.24. The van der Waals surface area contributed by atoms with Crippen molar-refractivity contribution in [3.05, 3.63) is 17.0 Å². The number of hydrogen-bond donors (Lipinski definition) is 3. The Hall–Kier alpha value is -2.58. The van der Waals surface area contributed by atoms with Crippen LogP contribution in [0.25, 0.3) is 0 Å². The second-order valence-corrected chi connectivity index (χ2v) is 6.92. The van der Waals surface area contributed by atoms with E-state index in [2.05, 4.69) is 20.8 Å². The summed E-state index contributed by atoms with van der Waals surface area (Å²) in [6, 6.07) is 0. The summed E-state index contributed by atoms with van der Waals surface area (Å²) in [5, 5.41) is 12.2. The lowest BCUT2D eigenvalue weighted by Gasteiger charge is -2.30. The van der Waals surface area contributed by atoms with E-state index in [0.717, 1.165) is 5.69 Å². The lowest BCUT2D eigenvalue weighted by atomic mass is 10.1. The average Bonchev–Trinajstić information content (AvgIpc) is 2.92. The number of hydrogen-bond acceptors (Lipinski definition) is 5. The largest absolute Gasteiger partial charge is 0.444 e. The Bertz CT molecular complexity index is 662. The molecule has 0 fully saturated rings. The minimum absolute atomic E-state index is 0.153. The smallest absolute Gasteiger partial charge is 0.410 e. The number of aromatic amines is 1. The van der Waals surface area contributed by atoms with E-state index in [1.54, 1.807) is 4.90 Å². The Labute approximate surface area is 146 Å². The second kappa shape index (κ2) is 7.54. The molecule has 1 aromatic rings. The molecule has 2 rings (SSSR count). The van der Waals surface area contributed by atoms with Crippen LogP contribution >= 0.6 is 0 Å². The first-order valence-electron chi connectivity index (χ1n) is 8.24. The van der Waals surface area contributed by atoms with E-state index in [0.29, 0.717) is 31.6 Å². The first kappa shape index (κ1) is 18.8. The van der Waals surface area contributed by atoms with Crippen LogP contribution in [0.5, 0.6) is 0 Å². The van der Waals surface area contributed by atoms with Gasteiger partial charge in [0, 0.05) is 44.2 Å². The van der Waals surface area contributed by atoms with Crippen molar-refractivity contribution in [2.45, 2.75) is 46.3 Å². The fraction of sp³-hybridized carbons (Fsp3) is 0.625. The molecule has 1 aliphatic rings. The maximum atomic E-state index is 12.3. The van der Waals surface area contributed by atoms with Crippen LogP contribution in [0.15, 0.2) is 0 Å². The Morgan fingerprint density at radius 3 is 2.56 bits per heavy atom. The third-order valence-corrected chi connectivity index (χ3v) is 3.58. The molecular formula is C16H25N5O4. The first-order chi connectivity index (χ1) is 11.7. The lowest BCUT2D eigenvalue weighted by molar-refractivity contribution is -0.118. The molecule has 25 heavy (non-hydrogen) atoms.